The smallest absolute Gasteiger partial charge is 0.105 e. The Bertz CT molecular complexity index is 866. The van der Waals surface area contributed by atoms with Crippen molar-refractivity contribution in [2.24, 2.45) is 4.99 Å². The average molecular weight is 367 g/mol. The van der Waals surface area contributed by atoms with Crippen molar-refractivity contribution in [1.29, 1.82) is 0 Å². The molecule has 1 aliphatic rings. The van der Waals surface area contributed by atoms with Crippen LogP contribution in [0.25, 0.3) is 0 Å². The molecule has 0 bridgehead atoms. The van der Waals surface area contributed by atoms with E-state index in [4.69, 9.17) is 4.99 Å². The molecule has 0 amide bonds. The monoisotopic (exact) mass is 366 g/mol. The molecule has 1 aromatic heterocycles. The minimum absolute atomic E-state index is 0.981. The summed E-state index contributed by atoms with van der Waals surface area (Å²) in [7, 11) is 0. The summed E-state index contributed by atoms with van der Waals surface area (Å²) in [5, 5.41) is 4.28. The molecule has 2 nitrogen and oxygen atoms in total. The highest BCUT2D eigenvalue weighted by atomic mass is 32.2. The Morgan fingerprint density at radius 1 is 1.12 bits per heavy atom. The normalized spacial score (nSPS) is 18.1. The quantitative estimate of drug-likeness (QED) is 0.561. The Balaban J connectivity index is 1.89. The van der Waals surface area contributed by atoms with Gasteiger partial charge in [-0.2, -0.15) is 0 Å². The average Bonchev–Trinajstić information content (AvgIpc) is 2.57. The first kappa shape index (κ1) is 18.0. The number of aliphatic imine (C=N–C) groups is 1. The molecule has 0 unspecified atom stereocenters. The van der Waals surface area contributed by atoms with Crippen LogP contribution in [0, 0.1) is 20.8 Å². The Morgan fingerprint density at radius 3 is 2.68 bits per heavy atom. The highest BCUT2D eigenvalue weighted by Crippen LogP contribution is 2.37. The summed E-state index contributed by atoms with van der Waals surface area (Å²) in [5.41, 5.74) is 6.00. The first-order chi connectivity index (χ1) is 12.0. The number of allylic oxidation sites excluding steroid dienone is 1. The SMILES string of the molecule is C=C1CCC(=C\Sc2cc(C)ccn2)/C(=N/c2ccc(C)cc2C)S1. The molecule has 1 saturated heterocycles. The molecule has 0 N–H and O–H groups in total. The second-order valence-corrected chi connectivity index (χ2v) is 8.34. The number of nitrogens with zero attached hydrogens (tertiary/aromatic N) is 2. The Hall–Kier alpha value is -1.78. The first-order valence-electron chi connectivity index (χ1n) is 8.31. The van der Waals surface area contributed by atoms with Crippen molar-refractivity contribution in [2.75, 3.05) is 0 Å². The fourth-order valence-corrected chi connectivity index (χ4v) is 4.44. The number of aryl methyl sites for hydroxylation is 3. The zero-order valence-corrected chi connectivity index (χ0v) is 16.5. The van der Waals surface area contributed by atoms with Crippen LogP contribution >= 0.6 is 23.5 Å². The predicted octanol–water partition coefficient (Wildman–Crippen LogP) is 6.75. The summed E-state index contributed by atoms with van der Waals surface area (Å²) in [6, 6.07) is 10.5. The third kappa shape index (κ3) is 4.86. The van der Waals surface area contributed by atoms with E-state index in [9.17, 15) is 0 Å². The molecule has 1 fully saturated rings. The van der Waals surface area contributed by atoms with E-state index >= 15 is 0 Å². The summed E-state index contributed by atoms with van der Waals surface area (Å²) in [6.45, 7) is 10.5. The van der Waals surface area contributed by atoms with Gasteiger partial charge in [0.2, 0.25) is 0 Å². The molecule has 1 aromatic carbocycles. The number of pyridine rings is 1. The molecular weight excluding hydrogens is 344 g/mol. The van der Waals surface area contributed by atoms with Gasteiger partial charge in [0.05, 0.1) is 5.69 Å². The summed E-state index contributed by atoms with van der Waals surface area (Å²) < 4.78 is 0. The lowest BCUT2D eigenvalue weighted by Gasteiger charge is -2.18. The van der Waals surface area contributed by atoms with Crippen LogP contribution in [-0.4, -0.2) is 10.0 Å². The third-order valence-corrected chi connectivity index (χ3v) is 5.88. The van der Waals surface area contributed by atoms with Crippen molar-refractivity contribution < 1.29 is 0 Å². The maximum Gasteiger partial charge on any atom is 0.105 e. The van der Waals surface area contributed by atoms with Gasteiger partial charge in [-0.15, -0.1) is 0 Å². The van der Waals surface area contributed by atoms with Crippen molar-refractivity contribution in [1.82, 2.24) is 4.98 Å². The Labute approximate surface area is 158 Å². The molecular formula is C21H22N2S2. The molecule has 0 spiro atoms. The van der Waals surface area contributed by atoms with Crippen LogP contribution in [0.15, 0.2) is 69.0 Å². The number of thioether (sulfide) groups is 2. The molecule has 1 aliphatic heterocycles. The van der Waals surface area contributed by atoms with Crippen LogP contribution in [0.5, 0.6) is 0 Å². The van der Waals surface area contributed by atoms with Crippen LogP contribution in [0.4, 0.5) is 5.69 Å². The number of benzene rings is 1. The van der Waals surface area contributed by atoms with Gasteiger partial charge in [-0.05, 0) is 78.8 Å². The molecule has 0 radical (unpaired) electrons. The lowest BCUT2D eigenvalue weighted by atomic mass is 10.1. The molecule has 0 aliphatic carbocycles. The maximum atomic E-state index is 4.94. The van der Waals surface area contributed by atoms with Gasteiger partial charge < -0.3 is 0 Å². The predicted molar refractivity (Wildman–Crippen MR) is 112 cm³/mol. The van der Waals surface area contributed by atoms with Crippen molar-refractivity contribution in [3.63, 3.8) is 0 Å². The van der Waals surface area contributed by atoms with Gasteiger partial charge in [-0.25, -0.2) is 9.98 Å². The highest BCUT2D eigenvalue weighted by molar-refractivity contribution is 8.17. The van der Waals surface area contributed by atoms with Crippen LogP contribution in [-0.2, 0) is 0 Å². The summed E-state index contributed by atoms with van der Waals surface area (Å²) in [5.74, 6) is 0. The number of hydrogen-bond donors (Lipinski definition) is 0. The molecule has 0 saturated carbocycles. The van der Waals surface area contributed by atoms with Gasteiger partial charge in [-0.3, -0.25) is 0 Å². The van der Waals surface area contributed by atoms with Gasteiger partial charge in [0.25, 0.3) is 0 Å². The second-order valence-electron chi connectivity index (χ2n) is 6.28. The van der Waals surface area contributed by atoms with Crippen LogP contribution in [0.2, 0.25) is 0 Å². The third-order valence-electron chi connectivity index (χ3n) is 3.98. The van der Waals surface area contributed by atoms with E-state index in [1.807, 2.05) is 12.3 Å². The van der Waals surface area contributed by atoms with E-state index in [0.29, 0.717) is 0 Å². The number of hydrogen-bond acceptors (Lipinski definition) is 4. The van der Waals surface area contributed by atoms with Crippen molar-refractivity contribution in [3.05, 3.63) is 75.7 Å². The number of rotatable bonds is 3. The van der Waals surface area contributed by atoms with Crippen LogP contribution in [0.3, 0.4) is 0 Å². The van der Waals surface area contributed by atoms with Gasteiger partial charge >= 0.3 is 0 Å². The molecule has 128 valence electrons. The highest BCUT2D eigenvalue weighted by Gasteiger charge is 2.17. The summed E-state index contributed by atoms with van der Waals surface area (Å²) in [6.07, 6.45) is 3.84. The topological polar surface area (TPSA) is 25.2 Å². The first-order valence-corrected chi connectivity index (χ1v) is 10.0. The van der Waals surface area contributed by atoms with E-state index < -0.39 is 0 Å². The zero-order valence-electron chi connectivity index (χ0n) is 14.9. The fraction of sp³-hybridized carbons (Fsp3) is 0.238. The minimum atomic E-state index is 0.981. The Kier molecular flexibility index (Phi) is 5.82. The standard InChI is InChI=1S/C21H22N2S2/c1-14-5-8-19(16(3)11-14)23-21-18(7-6-17(4)25-21)13-24-20-12-15(2)9-10-22-20/h5,8-13H,4,6-7H2,1-3H3/b18-13+,23-21-. The van der Waals surface area contributed by atoms with E-state index in [1.165, 1.54) is 27.2 Å². The van der Waals surface area contributed by atoms with Crippen LogP contribution in [0.1, 0.15) is 29.5 Å². The molecule has 25 heavy (non-hydrogen) atoms. The maximum absolute atomic E-state index is 4.94. The van der Waals surface area contributed by atoms with Crippen LogP contribution < -0.4 is 0 Å². The molecule has 0 atom stereocenters. The lowest BCUT2D eigenvalue weighted by molar-refractivity contribution is 1.01. The summed E-state index contributed by atoms with van der Waals surface area (Å²) >= 11 is 3.36. The largest absolute Gasteiger partial charge is 0.250 e. The molecule has 4 heteroatoms. The van der Waals surface area contributed by atoms with Crippen molar-refractivity contribution in [2.45, 2.75) is 38.6 Å². The lowest BCUT2D eigenvalue weighted by Crippen LogP contribution is -2.05. The zero-order chi connectivity index (χ0) is 17.8. The van der Waals surface area contributed by atoms with E-state index in [1.54, 1.807) is 23.5 Å². The van der Waals surface area contributed by atoms with E-state index in [-0.39, 0.29) is 0 Å². The van der Waals surface area contributed by atoms with E-state index in [2.05, 4.69) is 62.0 Å². The fourth-order valence-electron chi connectivity index (χ4n) is 2.58. The van der Waals surface area contributed by atoms with Gasteiger partial charge in [-0.1, -0.05) is 47.8 Å². The van der Waals surface area contributed by atoms with Crippen molar-refractivity contribution in [3.8, 4) is 0 Å². The van der Waals surface area contributed by atoms with E-state index in [0.717, 1.165) is 28.6 Å². The second kappa shape index (κ2) is 8.07. The number of aromatic nitrogens is 1. The van der Waals surface area contributed by atoms with Crippen molar-refractivity contribution >= 4 is 34.3 Å². The van der Waals surface area contributed by atoms with Gasteiger partial charge in [0.15, 0.2) is 0 Å². The minimum Gasteiger partial charge on any atom is -0.250 e. The van der Waals surface area contributed by atoms with Gasteiger partial charge in [0, 0.05) is 6.20 Å². The summed E-state index contributed by atoms with van der Waals surface area (Å²) in [4.78, 5) is 10.5. The molecule has 2 aromatic rings. The molecule has 2 heterocycles. The molecule has 3 rings (SSSR count). The van der Waals surface area contributed by atoms with Gasteiger partial charge in [0.1, 0.15) is 10.1 Å². The Morgan fingerprint density at radius 2 is 1.92 bits per heavy atom.